The van der Waals surface area contributed by atoms with E-state index < -0.39 is 0 Å². The Balaban J connectivity index is 2.26. The molecule has 2 rings (SSSR count). The molecule has 0 bridgehead atoms. The molecule has 17 heavy (non-hydrogen) atoms. The van der Waals surface area contributed by atoms with Crippen LogP contribution in [0.4, 0.5) is 0 Å². The van der Waals surface area contributed by atoms with Crippen molar-refractivity contribution in [3.63, 3.8) is 0 Å². The van der Waals surface area contributed by atoms with E-state index in [0.717, 1.165) is 0 Å². The van der Waals surface area contributed by atoms with Crippen LogP contribution in [0.3, 0.4) is 0 Å². The predicted octanol–water partition coefficient (Wildman–Crippen LogP) is 2.01. The summed E-state index contributed by atoms with van der Waals surface area (Å²) in [4.78, 5) is 7.72. The molecule has 5 nitrogen and oxygen atoms in total. The zero-order valence-corrected chi connectivity index (χ0v) is 8.66. The number of hydrogen-bond donors (Lipinski definition) is 0. The number of rotatable bonds is 2. The third-order valence-corrected chi connectivity index (χ3v) is 1.96. The van der Waals surface area contributed by atoms with Crippen LogP contribution in [0.15, 0.2) is 36.7 Å². The van der Waals surface area contributed by atoms with Crippen molar-refractivity contribution in [1.82, 2.24) is 9.97 Å². The van der Waals surface area contributed by atoms with Crippen LogP contribution < -0.4 is 4.74 Å². The van der Waals surface area contributed by atoms with Gasteiger partial charge in [-0.2, -0.15) is 10.5 Å². The molecule has 0 unspecified atom stereocenters. The van der Waals surface area contributed by atoms with E-state index >= 15 is 0 Å². The first-order chi connectivity index (χ1) is 8.33. The van der Waals surface area contributed by atoms with Gasteiger partial charge in [0.2, 0.25) is 5.88 Å². The van der Waals surface area contributed by atoms with Gasteiger partial charge in [0.05, 0.1) is 18.0 Å². The summed E-state index contributed by atoms with van der Waals surface area (Å²) in [7, 11) is 0. The van der Waals surface area contributed by atoms with Crippen LogP contribution in [0.2, 0.25) is 0 Å². The van der Waals surface area contributed by atoms with E-state index in [4.69, 9.17) is 15.3 Å². The van der Waals surface area contributed by atoms with Crippen molar-refractivity contribution in [3.05, 3.63) is 47.9 Å². The molecule has 0 atom stereocenters. The second-order valence-electron chi connectivity index (χ2n) is 3.06. The topological polar surface area (TPSA) is 82.6 Å². The predicted molar refractivity (Wildman–Crippen MR) is 58.0 cm³/mol. The zero-order valence-electron chi connectivity index (χ0n) is 8.66. The highest BCUT2D eigenvalue weighted by Crippen LogP contribution is 2.22. The minimum absolute atomic E-state index is 0.214. The number of ether oxygens (including phenoxy) is 1. The molecule has 0 aliphatic rings. The fourth-order valence-corrected chi connectivity index (χ4v) is 1.19. The first kappa shape index (κ1) is 10.6. The maximum absolute atomic E-state index is 8.87. The molecule has 0 spiro atoms. The van der Waals surface area contributed by atoms with E-state index in [1.54, 1.807) is 24.3 Å². The molecule has 2 aromatic rings. The minimum atomic E-state index is 0.214. The van der Waals surface area contributed by atoms with Crippen LogP contribution >= 0.6 is 0 Å². The van der Waals surface area contributed by atoms with Gasteiger partial charge >= 0.3 is 0 Å². The van der Waals surface area contributed by atoms with Crippen LogP contribution in [0.25, 0.3) is 0 Å². The Hall–Kier alpha value is -2.92. The number of benzene rings is 1. The molecular weight excluding hydrogens is 216 g/mol. The third kappa shape index (κ3) is 2.36. The summed E-state index contributed by atoms with van der Waals surface area (Å²) in [6.07, 6.45) is 2.65. The van der Waals surface area contributed by atoms with Gasteiger partial charge in [-0.3, -0.25) is 0 Å². The van der Waals surface area contributed by atoms with Gasteiger partial charge in [0.25, 0.3) is 0 Å². The molecule has 0 amide bonds. The fourth-order valence-electron chi connectivity index (χ4n) is 1.19. The Bertz CT molecular complexity index is 608. The highest BCUT2D eigenvalue weighted by molar-refractivity contribution is 5.44. The standard InChI is InChI=1S/C12H6N4O/c13-5-9-3-1-2-4-11(9)17-12-8-15-10(6-14)7-16-12/h1-4,7-8H. The SMILES string of the molecule is N#Cc1cnc(Oc2ccccc2C#N)cn1. The lowest BCUT2D eigenvalue weighted by molar-refractivity contribution is 0.458. The summed E-state index contributed by atoms with van der Waals surface area (Å²) in [5.74, 6) is 0.653. The van der Waals surface area contributed by atoms with E-state index in [0.29, 0.717) is 11.3 Å². The third-order valence-electron chi connectivity index (χ3n) is 1.96. The van der Waals surface area contributed by atoms with Gasteiger partial charge in [-0.15, -0.1) is 0 Å². The monoisotopic (exact) mass is 222 g/mol. The van der Waals surface area contributed by atoms with Crippen LogP contribution in [-0.2, 0) is 0 Å². The van der Waals surface area contributed by atoms with E-state index in [-0.39, 0.29) is 11.6 Å². The van der Waals surface area contributed by atoms with Gasteiger partial charge in [-0.05, 0) is 12.1 Å². The van der Waals surface area contributed by atoms with Crippen molar-refractivity contribution in [2.45, 2.75) is 0 Å². The fraction of sp³-hybridized carbons (Fsp3) is 0. The molecule has 0 saturated carbocycles. The number of aromatic nitrogens is 2. The molecule has 80 valence electrons. The molecule has 1 heterocycles. The maximum atomic E-state index is 8.87. The lowest BCUT2D eigenvalue weighted by Gasteiger charge is -2.04. The molecule has 5 heteroatoms. The number of nitriles is 2. The minimum Gasteiger partial charge on any atom is -0.436 e. The summed E-state index contributed by atoms with van der Waals surface area (Å²) >= 11 is 0. The molecule has 0 N–H and O–H groups in total. The Morgan fingerprint density at radius 2 is 1.82 bits per heavy atom. The average Bonchev–Trinajstić information content (AvgIpc) is 2.40. The summed E-state index contributed by atoms with van der Waals surface area (Å²) in [5.41, 5.74) is 0.629. The van der Waals surface area contributed by atoms with Crippen LogP contribution in [0.1, 0.15) is 11.3 Å². The molecular formula is C12H6N4O. The quantitative estimate of drug-likeness (QED) is 0.776. The number of hydrogen-bond acceptors (Lipinski definition) is 5. The maximum Gasteiger partial charge on any atom is 0.237 e. The Morgan fingerprint density at radius 1 is 1.00 bits per heavy atom. The van der Waals surface area contributed by atoms with Crippen molar-refractivity contribution in [3.8, 4) is 23.8 Å². The molecule has 0 radical (unpaired) electrons. The van der Waals surface area contributed by atoms with Crippen molar-refractivity contribution in [1.29, 1.82) is 10.5 Å². The zero-order chi connectivity index (χ0) is 12.1. The average molecular weight is 222 g/mol. The van der Waals surface area contributed by atoms with Crippen molar-refractivity contribution < 1.29 is 4.74 Å². The summed E-state index contributed by atoms with van der Waals surface area (Å²) in [6, 6.07) is 10.7. The largest absolute Gasteiger partial charge is 0.436 e. The Morgan fingerprint density at radius 3 is 2.47 bits per heavy atom. The summed E-state index contributed by atoms with van der Waals surface area (Å²) < 4.78 is 5.39. The second-order valence-corrected chi connectivity index (χ2v) is 3.06. The molecule has 0 aliphatic carbocycles. The first-order valence-corrected chi connectivity index (χ1v) is 4.72. The molecule has 1 aromatic heterocycles. The van der Waals surface area contributed by atoms with Gasteiger partial charge in [-0.1, -0.05) is 12.1 Å². The molecule has 0 fully saturated rings. The molecule has 0 aliphatic heterocycles. The van der Waals surface area contributed by atoms with Gasteiger partial charge in [0, 0.05) is 0 Å². The normalized spacial score (nSPS) is 9.06. The summed E-state index contributed by atoms with van der Waals surface area (Å²) in [6.45, 7) is 0. The number of para-hydroxylation sites is 1. The van der Waals surface area contributed by atoms with Crippen LogP contribution in [-0.4, -0.2) is 9.97 Å². The first-order valence-electron chi connectivity index (χ1n) is 4.72. The second kappa shape index (κ2) is 4.73. The molecule has 1 aromatic carbocycles. The van der Waals surface area contributed by atoms with Crippen LogP contribution in [0, 0.1) is 22.7 Å². The van der Waals surface area contributed by atoms with Gasteiger partial charge in [-0.25, -0.2) is 9.97 Å². The van der Waals surface area contributed by atoms with Gasteiger partial charge in [0.15, 0.2) is 5.69 Å². The smallest absolute Gasteiger partial charge is 0.237 e. The highest BCUT2D eigenvalue weighted by atomic mass is 16.5. The lowest BCUT2D eigenvalue weighted by atomic mass is 10.2. The van der Waals surface area contributed by atoms with E-state index in [1.807, 2.05) is 12.1 Å². The van der Waals surface area contributed by atoms with Crippen molar-refractivity contribution in [2.75, 3.05) is 0 Å². The summed E-state index contributed by atoms with van der Waals surface area (Å²) in [5, 5.41) is 17.4. The Labute approximate surface area is 97.6 Å². The van der Waals surface area contributed by atoms with Gasteiger partial charge < -0.3 is 4.74 Å². The molecule has 0 saturated heterocycles. The lowest BCUT2D eigenvalue weighted by Crippen LogP contribution is -1.92. The van der Waals surface area contributed by atoms with Crippen molar-refractivity contribution in [2.24, 2.45) is 0 Å². The highest BCUT2D eigenvalue weighted by Gasteiger charge is 2.04. The van der Waals surface area contributed by atoms with E-state index in [9.17, 15) is 0 Å². The number of nitrogens with zero attached hydrogens (tertiary/aromatic N) is 4. The van der Waals surface area contributed by atoms with E-state index in [1.165, 1.54) is 12.4 Å². The Kier molecular flexibility index (Phi) is 2.95. The van der Waals surface area contributed by atoms with Crippen LogP contribution in [0.5, 0.6) is 11.6 Å². The van der Waals surface area contributed by atoms with E-state index in [2.05, 4.69) is 9.97 Å². The van der Waals surface area contributed by atoms with Gasteiger partial charge in [0.1, 0.15) is 17.9 Å². The van der Waals surface area contributed by atoms with Crippen molar-refractivity contribution >= 4 is 0 Å².